The number of hydrogen-bond donors (Lipinski definition) is 0. The highest BCUT2D eigenvalue weighted by Gasteiger charge is 2.19. The Balaban J connectivity index is 4.33. The number of allylic oxidation sites excluding steroid dienone is 8. The SMILES string of the molecule is CC/C=C\C/C=C\C/C=C\C/C=C\CCCCCCCCCCC(=O)OCC(COC(=O)CCCCCCCCCCCCCCCCCCCCCC)OC(=O)CCCCCCCCCCCCCCCCCCCCCCC. The molecule has 0 saturated heterocycles. The van der Waals surface area contributed by atoms with Gasteiger partial charge in [0.1, 0.15) is 13.2 Å². The summed E-state index contributed by atoms with van der Waals surface area (Å²) >= 11 is 0. The molecule has 1 atom stereocenters. The van der Waals surface area contributed by atoms with E-state index in [0.717, 1.165) is 89.9 Å². The maximum Gasteiger partial charge on any atom is 0.306 e. The first kappa shape index (κ1) is 77.4. The quantitative estimate of drug-likeness (QED) is 0.0261. The number of ether oxygens (including phenoxy) is 3. The summed E-state index contributed by atoms with van der Waals surface area (Å²) in [6.45, 7) is 6.61. The molecule has 0 amide bonds. The average molecular weight is 1120 g/mol. The van der Waals surface area contributed by atoms with Gasteiger partial charge in [0.15, 0.2) is 6.10 Å². The molecule has 0 aromatic carbocycles. The summed E-state index contributed by atoms with van der Waals surface area (Å²) in [6.07, 6.45) is 87.0. The van der Waals surface area contributed by atoms with Crippen molar-refractivity contribution in [1.82, 2.24) is 0 Å². The maximum atomic E-state index is 13.0. The van der Waals surface area contributed by atoms with Crippen LogP contribution in [0.25, 0.3) is 0 Å². The monoisotopic (exact) mass is 1120 g/mol. The van der Waals surface area contributed by atoms with Crippen LogP contribution in [0.3, 0.4) is 0 Å². The molecule has 0 aliphatic heterocycles. The number of unbranched alkanes of at least 4 members (excludes halogenated alkanes) is 47. The van der Waals surface area contributed by atoms with E-state index in [4.69, 9.17) is 14.2 Å². The number of rotatable bonds is 66. The predicted octanol–water partition coefficient (Wildman–Crippen LogP) is 24.5. The Hall–Kier alpha value is -2.63. The standard InChI is InChI=1S/C74H136O6/c1-4-7-10-13-16-19-22-25-28-31-34-37-40-43-46-49-52-55-58-61-64-67-73(76)79-70-71(69-78-72(75)66-63-60-57-54-51-48-45-42-39-36-33-30-27-24-21-18-15-12-9-6-3)80-74(77)68-65-62-59-56-53-50-47-44-41-38-35-32-29-26-23-20-17-14-11-8-5-2/h7,10,16,19,25,28,34,37,71H,4-6,8-9,11-15,17-18,20-24,26-27,29-33,35-36,38-70H2,1-3H3/b10-7-,19-16-,28-25-,37-34-. The molecule has 6 heteroatoms. The molecule has 0 aromatic rings. The Morgan fingerprint density at radius 3 is 0.762 bits per heavy atom. The van der Waals surface area contributed by atoms with Gasteiger partial charge in [0.2, 0.25) is 0 Å². The van der Waals surface area contributed by atoms with Gasteiger partial charge >= 0.3 is 17.9 Å². The van der Waals surface area contributed by atoms with Crippen LogP contribution in [0.2, 0.25) is 0 Å². The number of esters is 3. The maximum absolute atomic E-state index is 13.0. The van der Waals surface area contributed by atoms with E-state index in [1.165, 1.54) is 257 Å². The van der Waals surface area contributed by atoms with E-state index < -0.39 is 6.10 Å². The van der Waals surface area contributed by atoms with Gasteiger partial charge in [0, 0.05) is 19.3 Å². The van der Waals surface area contributed by atoms with Crippen molar-refractivity contribution in [1.29, 1.82) is 0 Å². The zero-order valence-corrected chi connectivity index (χ0v) is 53.9. The fourth-order valence-corrected chi connectivity index (χ4v) is 10.8. The minimum Gasteiger partial charge on any atom is -0.462 e. The van der Waals surface area contributed by atoms with Crippen LogP contribution in [-0.2, 0) is 28.6 Å². The van der Waals surface area contributed by atoms with Gasteiger partial charge in [0.25, 0.3) is 0 Å². The normalized spacial score (nSPS) is 12.3. The van der Waals surface area contributed by atoms with Crippen molar-refractivity contribution in [3.63, 3.8) is 0 Å². The smallest absolute Gasteiger partial charge is 0.306 e. The third-order valence-electron chi connectivity index (χ3n) is 16.1. The summed E-state index contributed by atoms with van der Waals surface area (Å²) in [4.78, 5) is 38.5. The minimum atomic E-state index is -0.775. The highest BCUT2D eigenvalue weighted by molar-refractivity contribution is 5.71. The third kappa shape index (κ3) is 66.2. The summed E-state index contributed by atoms with van der Waals surface area (Å²) in [5, 5.41) is 0. The molecule has 0 heterocycles. The molecule has 0 fully saturated rings. The van der Waals surface area contributed by atoms with E-state index in [0.29, 0.717) is 19.3 Å². The van der Waals surface area contributed by atoms with E-state index >= 15 is 0 Å². The van der Waals surface area contributed by atoms with Crippen molar-refractivity contribution in [2.24, 2.45) is 0 Å². The van der Waals surface area contributed by atoms with Crippen LogP contribution >= 0.6 is 0 Å². The largest absolute Gasteiger partial charge is 0.462 e. The summed E-state index contributed by atoms with van der Waals surface area (Å²) in [5.74, 6) is -0.847. The molecule has 0 rings (SSSR count). The number of carbonyl (C=O) groups is 3. The molecule has 0 aliphatic rings. The van der Waals surface area contributed by atoms with E-state index in [1.807, 2.05) is 0 Å². The van der Waals surface area contributed by atoms with Crippen molar-refractivity contribution < 1.29 is 28.6 Å². The van der Waals surface area contributed by atoms with Crippen LogP contribution in [-0.4, -0.2) is 37.2 Å². The molecule has 0 aromatic heterocycles. The van der Waals surface area contributed by atoms with Gasteiger partial charge in [-0.05, 0) is 57.8 Å². The van der Waals surface area contributed by atoms with E-state index in [2.05, 4.69) is 69.4 Å². The van der Waals surface area contributed by atoms with Crippen LogP contribution in [0, 0.1) is 0 Å². The molecule has 0 spiro atoms. The predicted molar refractivity (Wildman–Crippen MR) is 349 cm³/mol. The van der Waals surface area contributed by atoms with Crippen molar-refractivity contribution >= 4 is 17.9 Å². The zero-order valence-electron chi connectivity index (χ0n) is 53.9. The fourth-order valence-electron chi connectivity index (χ4n) is 10.8. The molecule has 80 heavy (non-hydrogen) atoms. The van der Waals surface area contributed by atoms with Gasteiger partial charge in [-0.1, -0.05) is 358 Å². The lowest BCUT2D eigenvalue weighted by atomic mass is 10.0. The van der Waals surface area contributed by atoms with E-state index in [9.17, 15) is 14.4 Å². The second-order valence-corrected chi connectivity index (χ2v) is 24.1. The van der Waals surface area contributed by atoms with E-state index in [-0.39, 0.29) is 31.1 Å². The molecule has 1 unspecified atom stereocenters. The van der Waals surface area contributed by atoms with E-state index in [1.54, 1.807) is 0 Å². The molecule has 0 radical (unpaired) electrons. The first-order chi connectivity index (χ1) is 39.5. The van der Waals surface area contributed by atoms with Gasteiger partial charge in [-0.3, -0.25) is 14.4 Å². The zero-order chi connectivity index (χ0) is 57.8. The average Bonchev–Trinajstić information content (AvgIpc) is 3.46. The number of carbonyl (C=O) groups excluding carboxylic acids is 3. The molecule has 0 saturated carbocycles. The Bertz CT molecular complexity index is 1380. The van der Waals surface area contributed by atoms with Gasteiger partial charge in [-0.15, -0.1) is 0 Å². The van der Waals surface area contributed by atoms with Crippen LogP contribution in [0.5, 0.6) is 0 Å². The Kier molecular flexibility index (Phi) is 66.6. The van der Waals surface area contributed by atoms with Crippen molar-refractivity contribution in [2.45, 2.75) is 393 Å². The summed E-state index contributed by atoms with van der Waals surface area (Å²) < 4.78 is 17.0. The Morgan fingerprint density at radius 2 is 0.487 bits per heavy atom. The fraction of sp³-hybridized carbons (Fsp3) is 0.851. The van der Waals surface area contributed by atoms with Gasteiger partial charge in [0.05, 0.1) is 0 Å². The summed E-state index contributed by atoms with van der Waals surface area (Å²) in [7, 11) is 0. The molecular formula is C74H136O6. The van der Waals surface area contributed by atoms with Gasteiger partial charge < -0.3 is 14.2 Å². The molecular weight excluding hydrogens is 985 g/mol. The van der Waals surface area contributed by atoms with Crippen molar-refractivity contribution in [3.8, 4) is 0 Å². The van der Waals surface area contributed by atoms with Crippen LogP contribution < -0.4 is 0 Å². The van der Waals surface area contributed by atoms with Crippen LogP contribution in [0.4, 0.5) is 0 Å². The van der Waals surface area contributed by atoms with Crippen LogP contribution in [0.1, 0.15) is 387 Å². The highest BCUT2D eigenvalue weighted by Crippen LogP contribution is 2.19. The number of hydrogen-bond acceptors (Lipinski definition) is 6. The van der Waals surface area contributed by atoms with Gasteiger partial charge in [-0.25, -0.2) is 0 Å². The molecule has 468 valence electrons. The van der Waals surface area contributed by atoms with Crippen molar-refractivity contribution in [3.05, 3.63) is 48.6 Å². The lowest BCUT2D eigenvalue weighted by Crippen LogP contribution is -2.30. The highest BCUT2D eigenvalue weighted by atomic mass is 16.6. The summed E-state index contributed by atoms with van der Waals surface area (Å²) in [5.41, 5.74) is 0. The Labute approximate surface area is 498 Å². The molecule has 0 bridgehead atoms. The Morgan fingerprint density at radius 1 is 0.263 bits per heavy atom. The lowest BCUT2D eigenvalue weighted by molar-refractivity contribution is -0.167. The first-order valence-corrected chi connectivity index (χ1v) is 35.6. The molecule has 0 aliphatic carbocycles. The van der Waals surface area contributed by atoms with Crippen LogP contribution in [0.15, 0.2) is 48.6 Å². The van der Waals surface area contributed by atoms with Gasteiger partial charge in [-0.2, -0.15) is 0 Å². The molecule has 6 nitrogen and oxygen atoms in total. The summed E-state index contributed by atoms with van der Waals surface area (Å²) in [6, 6.07) is 0. The van der Waals surface area contributed by atoms with Crippen molar-refractivity contribution in [2.75, 3.05) is 13.2 Å². The second-order valence-electron chi connectivity index (χ2n) is 24.1. The lowest BCUT2D eigenvalue weighted by Gasteiger charge is -2.18. The second kappa shape index (κ2) is 68.9. The third-order valence-corrected chi connectivity index (χ3v) is 16.1. The minimum absolute atomic E-state index is 0.0696. The first-order valence-electron chi connectivity index (χ1n) is 35.6. The molecule has 0 N–H and O–H groups in total. The topological polar surface area (TPSA) is 78.9 Å².